The topological polar surface area (TPSA) is 116 Å². The van der Waals surface area contributed by atoms with Crippen LogP contribution in [0.15, 0.2) is 48.7 Å². The molecule has 0 spiro atoms. The third-order valence-corrected chi connectivity index (χ3v) is 11.0. The number of hydrogen-bond acceptors (Lipinski definition) is 6. The Morgan fingerprint density at radius 2 is 1.30 bits per heavy atom. The number of imidazole rings is 2. The van der Waals surface area contributed by atoms with Gasteiger partial charge in [-0.25, -0.2) is 19.6 Å². The standard InChI is InChI=1S/C40H46N6O4/c1-39(2,3)49-37(47)45-30-16-25(30)18-32(45)35-41-20-29(43-35)23-10-7-21(8-11-23)24-12-9-22-13-14-28-34(27(22)15-24)44-36(42-28)33-19-26-17-31(26)46(33)38(48)50-40(4,5)6/h7-12,15,20,25-26,30-33H,13-14,16-19H2,1-6H3,(H,41,43)(H,42,44)/t25-,26-,30-,31-,32-,33-/m0/s1. The summed E-state index contributed by atoms with van der Waals surface area (Å²) in [4.78, 5) is 47.2. The highest BCUT2D eigenvalue weighted by molar-refractivity contribution is 5.78. The maximum atomic E-state index is 13.2. The summed E-state index contributed by atoms with van der Waals surface area (Å²) in [6.07, 6.45) is 7.17. The Bertz CT molecular complexity index is 2000. The van der Waals surface area contributed by atoms with Crippen LogP contribution < -0.4 is 0 Å². The second-order valence-electron chi connectivity index (χ2n) is 17.0. The van der Waals surface area contributed by atoms with Gasteiger partial charge in [-0.05, 0) is 120 Å². The number of aromatic amines is 2. The van der Waals surface area contributed by atoms with E-state index in [0.717, 1.165) is 89.5 Å². The molecule has 2 aromatic carbocycles. The van der Waals surface area contributed by atoms with Gasteiger partial charge in [-0.2, -0.15) is 0 Å². The van der Waals surface area contributed by atoms with Crippen LogP contribution in [-0.2, 0) is 22.3 Å². The van der Waals surface area contributed by atoms with Crippen molar-refractivity contribution in [3.05, 3.63) is 71.6 Å². The van der Waals surface area contributed by atoms with Crippen LogP contribution in [0.2, 0.25) is 0 Å². The van der Waals surface area contributed by atoms with Crippen LogP contribution in [-0.4, -0.2) is 65.2 Å². The van der Waals surface area contributed by atoms with E-state index in [1.54, 1.807) is 0 Å². The Morgan fingerprint density at radius 1 is 0.720 bits per heavy atom. The molecular formula is C40H46N6O4. The highest BCUT2D eigenvalue weighted by atomic mass is 16.6. The summed E-state index contributed by atoms with van der Waals surface area (Å²) in [7, 11) is 0. The molecule has 2 N–H and O–H groups in total. The molecule has 2 aliphatic heterocycles. The number of nitrogens with one attached hydrogen (secondary N) is 2. The Balaban J connectivity index is 0.938. The average molecular weight is 675 g/mol. The summed E-state index contributed by atoms with van der Waals surface area (Å²) in [5, 5.41) is 0. The number of ether oxygens (including phenoxy) is 2. The maximum Gasteiger partial charge on any atom is 0.411 e. The average Bonchev–Trinajstić information content (AvgIpc) is 3.67. The molecule has 4 aromatic rings. The molecule has 10 nitrogen and oxygen atoms in total. The molecule has 2 amide bonds. The van der Waals surface area contributed by atoms with Gasteiger partial charge in [0.2, 0.25) is 0 Å². The van der Waals surface area contributed by atoms with Gasteiger partial charge in [0.05, 0.1) is 29.7 Å². The van der Waals surface area contributed by atoms with Crippen molar-refractivity contribution < 1.29 is 19.1 Å². The zero-order valence-corrected chi connectivity index (χ0v) is 29.7. The molecule has 0 unspecified atom stereocenters. The molecule has 3 aliphatic carbocycles. The van der Waals surface area contributed by atoms with Crippen LogP contribution >= 0.6 is 0 Å². The molecule has 2 saturated carbocycles. The van der Waals surface area contributed by atoms with Gasteiger partial charge in [0, 0.05) is 23.3 Å². The van der Waals surface area contributed by atoms with Gasteiger partial charge in [0.1, 0.15) is 22.9 Å². The number of hydrogen-bond donors (Lipinski definition) is 2. The largest absolute Gasteiger partial charge is 0.444 e. The first-order valence-electron chi connectivity index (χ1n) is 18.2. The molecule has 2 saturated heterocycles. The number of benzene rings is 2. The van der Waals surface area contributed by atoms with Crippen molar-refractivity contribution in [3.8, 4) is 33.6 Å². The summed E-state index contributed by atoms with van der Waals surface area (Å²) in [6, 6.07) is 15.6. The highest BCUT2D eigenvalue weighted by Gasteiger charge is 2.57. The van der Waals surface area contributed by atoms with Crippen molar-refractivity contribution in [1.82, 2.24) is 29.7 Å². The fourth-order valence-electron chi connectivity index (χ4n) is 8.50. The van der Waals surface area contributed by atoms with E-state index in [-0.39, 0.29) is 36.4 Å². The number of rotatable bonds is 4. The van der Waals surface area contributed by atoms with Crippen molar-refractivity contribution in [3.63, 3.8) is 0 Å². The van der Waals surface area contributed by atoms with Crippen LogP contribution in [0.3, 0.4) is 0 Å². The summed E-state index contributed by atoms with van der Waals surface area (Å²) < 4.78 is 11.6. The van der Waals surface area contributed by atoms with E-state index in [9.17, 15) is 9.59 Å². The third-order valence-electron chi connectivity index (χ3n) is 11.0. The van der Waals surface area contributed by atoms with E-state index in [1.807, 2.05) is 57.5 Å². The van der Waals surface area contributed by atoms with Gasteiger partial charge >= 0.3 is 12.2 Å². The molecule has 9 rings (SSSR count). The van der Waals surface area contributed by atoms with E-state index in [4.69, 9.17) is 19.4 Å². The molecule has 50 heavy (non-hydrogen) atoms. The molecular weight excluding hydrogens is 628 g/mol. The molecule has 2 aromatic heterocycles. The van der Waals surface area contributed by atoms with Gasteiger partial charge in [-0.15, -0.1) is 0 Å². The van der Waals surface area contributed by atoms with Gasteiger partial charge in [0.25, 0.3) is 0 Å². The van der Waals surface area contributed by atoms with Crippen molar-refractivity contribution in [2.24, 2.45) is 11.8 Å². The third kappa shape index (κ3) is 5.57. The molecule has 10 heteroatoms. The number of aromatic nitrogens is 4. The lowest BCUT2D eigenvalue weighted by Crippen LogP contribution is -2.38. The SMILES string of the molecule is CC(C)(C)OC(=O)N1[C@H](c2ncc(-c3ccc(-c4ccc5c(c4)-c4nc([C@@H]6C[C@@H]7C[C@@H]7N6C(=O)OC(C)(C)C)[nH]c4CC5)cc3)[nH]2)C[C@@H]2C[C@@H]21. The lowest BCUT2D eigenvalue weighted by atomic mass is 9.89. The first kappa shape index (κ1) is 31.4. The number of nitrogens with zero attached hydrogens (tertiary/aromatic N) is 4. The quantitative estimate of drug-likeness (QED) is 0.225. The zero-order valence-electron chi connectivity index (χ0n) is 29.7. The number of amides is 2. The number of fused-ring (bicyclic) bond motifs is 5. The predicted octanol–water partition coefficient (Wildman–Crippen LogP) is 8.37. The van der Waals surface area contributed by atoms with E-state index in [2.05, 4.69) is 52.4 Å². The normalized spacial score (nSPS) is 26.2. The van der Waals surface area contributed by atoms with E-state index < -0.39 is 11.2 Å². The molecule has 260 valence electrons. The smallest absolute Gasteiger partial charge is 0.411 e. The molecule has 0 radical (unpaired) electrons. The Hall–Kier alpha value is -4.60. The van der Waals surface area contributed by atoms with Gasteiger partial charge in [-0.3, -0.25) is 9.80 Å². The first-order chi connectivity index (χ1) is 23.8. The molecule has 0 bridgehead atoms. The summed E-state index contributed by atoms with van der Waals surface area (Å²) in [6.45, 7) is 11.5. The predicted molar refractivity (Wildman–Crippen MR) is 189 cm³/mol. The summed E-state index contributed by atoms with van der Waals surface area (Å²) >= 11 is 0. The van der Waals surface area contributed by atoms with E-state index in [1.165, 1.54) is 5.56 Å². The fraction of sp³-hybridized carbons (Fsp3) is 0.500. The maximum absolute atomic E-state index is 13.2. The van der Waals surface area contributed by atoms with Crippen molar-refractivity contribution in [2.45, 2.75) is 115 Å². The van der Waals surface area contributed by atoms with E-state index in [0.29, 0.717) is 11.8 Å². The second kappa shape index (κ2) is 10.9. The van der Waals surface area contributed by atoms with Crippen molar-refractivity contribution >= 4 is 12.2 Å². The second-order valence-corrected chi connectivity index (χ2v) is 17.0. The number of aryl methyl sites for hydroxylation is 2. The van der Waals surface area contributed by atoms with Crippen molar-refractivity contribution in [2.75, 3.05) is 0 Å². The van der Waals surface area contributed by atoms with Crippen LogP contribution in [0.1, 0.15) is 102 Å². The number of piperidine rings is 2. The first-order valence-corrected chi connectivity index (χ1v) is 18.2. The number of H-pyrrole nitrogens is 2. The number of carbonyl (C=O) groups is 2. The fourth-order valence-corrected chi connectivity index (χ4v) is 8.50. The molecule has 4 heterocycles. The Morgan fingerprint density at radius 3 is 1.92 bits per heavy atom. The Labute approximate surface area is 293 Å². The number of likely N-dealkylation sites (tertiary alicyclic amines) is 2. The van der Waals surface area contributed by atoms with Gasteiger partial charge in [0.15, 0.2) is 0 Å². The van der Waals surface area contributed by atoms with Crippen LogP contribution in [0.25, 0.3) is 33.6 Å². The highest BCUT2D eigenvalue weighted by Crippen LogP contribution is 2.55. The van der Waals surface area contributed by atoms with Crippen LogP contribution in [0.5, 0.6) is 0 Å². The monoisotopic (exact) mass is 674 g/mol. The minimum atomic E-state index is -0.535. The zero-order chi connectivity index (χ0) is 34.7. The van der Waals surface area contributed by atoms with Crippen molar-refractivity contribution in [1.29, 1.82) is 0 Å². The Kier molecular flexibility index (Phi) is 6.87. The molecule has 4 fully saturated rings. The van der Waals surface area contributed by atoms with E-state index >= 15 is 0 Å². The minimum Gasteiger partial charge on any atom is -0.444 e. The van der Waals surface area contributed by atoms with Crippen LogP contribution in [0.4, 0.5) is 9.59 Å². The summed E-state index contributed by atoms with van der Waals surface area (Å²) in [5.41, 5.74) is 7.76. The lowest BCUT2D eigenvalue weighted by molar-refractivity contribution is 0.0164. The molecule has 6 atom stereocenters. The lowest BCUT2D eigenvalue weighted by Gasteiger charge is -2.29. The van der Waals surface area contributed by atoms with Gasteiger partial charge in [-0.1, -0.05) is 36.4 Å². The minimum absolute atomic E-state index is 0.0823. The molecule has 5 aliphatic rings. The number of carbonyl (C=O) groups excluding carboxylic acids is 2. The van der Waals surface area contributed by atoms with Gasteiger partial charge < -0.3 is 19.4 Å². The van der Waals surface area contributed by atoms with Crippen LogP contribution in [0, 0.1) is 11.8 Å². The summed E-state index contributed by atoms with van der Waals surface area (Å²) in [5.74, 6) is 2.75.